The summed E-state index contributed by atoms with van der Waals surface area (Å²) in [7, 11) is 0. The first kappa shape index (κ1) is 14.0. The highest BCUT2D eigenvalue weighted by molar-refractivity contribution is 4.76. The van der Waals surface area contributed by atoms with Crippen LogP contribution in [0.1, 0.15) is 47.0 Å². The standard InChI is InChI=1S/C14H30N2/c1-5-14(6-2)15-8-10-16-9-7-12(3)13(4)11-16/h12-15H,5-11H2,1-4H3. The quantitative estimate of drug-likeness (QED) is 0.749. The third-order valence-corrected chi connectivity index (χ3v) is 4.26. The fraction of sp³-hybridized carbons (Fsp3) is 1.00. The number of likely N-dealkylation sites (tertiary alicyclic amines) is 1. The minimum atomic E-state index is 0.723. The third kappa shape index (κ3) is 4.42. The van der Waals surface area contributed by atoms with E-state index in [9.17, 15) is 0 Å². The Morgan fingerprint density at radius 2 is 1.88 bits per heavy atom. The topological polar surface area (TPSA) is 15.3 Å². The molecule has 2 atom stereocenters. The predicted octanol–water partition coefficient (Wildman–Crippen LogP) is 2.74. The molecule has 0 aromatic heterocycles. The van der Waals surface area contributed by atoms with Crippen LogP contribution in [0.4, 0.5) is 0 Å². The average molecular weight is 226 g/mol. The Morgan fingerprint density at radius 3 is 2.44 bits per heavy atom. The van der Waals surface area contributed by atoms with E-state index in [-0.39, 0.29) is 0 Å². The molecule has 0 aromatic carbocycles. The molecule has 0 spiro atoms. The monoisotopic (exact) mass is 226 g/mol. The van der Waals surface area contributed by atoms with Crippen LogP contribution in [0, 0.1) is 11.8 Å². The molecule has 1 aliphatic heterocycles. The molecule has 0 amide bonds. The largest absolute Gasteiger partial charge is 0.313 e. The van der Waals surface area contributed by atoms with Gasteiger partial charge in [-0.05, 0) is 37.6 Å². The molecule has 2 nitrogen and oxygen atoms in total. The second kappa shape index (κ2) is 7.29. The van der Waals surface area contributed by atoms with E-state index in [4.69, 9.17) is 0 Å². The molecule has 0 radical (unpaired) electrons. The van der Waals surface area contributed by atoms with Gasteiger partial charge in [-0.25, -0.2) is 0 Å². The van der Waals surface area contributed by atoms with Gasteiger partial charge < -0.3 is 10.2 Å². The summed E-state index contributed by atoms with van der Waals surface area (Å²) in [6.07, 6.45) is 3.89. The van der Waals surface area contributed by atoms with Crippen LogP contribution in [0.2, 0.25) is 0 Å². The fourth-order valence-corrected chi connectivity index (χ4v) is 2.56. The molecule has 1 N–H and O–H groups in total. The molecular weight excluding hydrogens is 196 g/mol. The molecule has 1 aliphatic rings. The SMILES string of the molecule is CCC(CC)NCCN1CCC(C)C(C)C1. The molecule has 1 saturated heterocycles. The van der Waals surface area contributed by atoms with Crippen LogP contribution in [-0.2, 0) is 0 Å². The maximum absolute atomic E-state index is 3.65. The molecule has 0 saturated carbocycles. The van der Waals surface area contributed by atoms with Crippen LogP contribution in [0.15, 0.2) is 0 Å². The van der Waals surface area contributed by atoms with Crippen LogP contribution in [0.5, 0.6) is 0 Å². The molecule has 0 bridgehead atoms. The van der Waals surface area contributed by atoms with E-state index in [2.05, 4.69) is 37.9 Å². The van der Waals surface area contributed by atoms with E-state index < -0.39 is 0 Å². The van der Waals surface area contributed by atoms with E-state index in [0.717, 1.165) is 24.4 Å². The van der Waals surface area contributed by atoms with Gasteiger partial charge in [0.05, 0.1) is 0 Å². The maximum Gasteiger partial charge on any atom is 0.0107 e. The summed E-state index contributed by atoms with van der Waals surface area (Å²) in [6, 6.07) is 0.723. The zero-order chi connectivity index (χ0) is 12.0. The maximum atomic E-state index is 3.65. The van der Waals surface area contributed by atoms with Gasteiger partial charge in [0.2, 0.25) is 0 Å². The highest BCUT2D eigenvalue weighted by Gasteiger charge is 2.21. The first-order valence-corrected chi connectivity index (χ1v) is 7.13. The number of hydrogen-bond donors (Lipinski definition) is 1. The lowest BCUT2D eigenvalue weighted by molar-refractivity contribution is 0.138. The van der Waals surface area contributed by atoms with Gasteiger partial charge >= 0.3 is 0 Å². The van der Waals surface area contributed by atoms with Crippen LogP contribution in [-0.4, -0.2) is 37.1 Å². The van der Waals surface area contributed by atoms with E-state index in [1.165, 1.54) is 38.9 Å². The first-order valence-electron chi connectivity index (χ1n) is 7.13. The van der Waals surface area contributed by atoms with Gasteiger partial charge in [-0.2, -0.15) is 0 Å². The molecule has 1 fully saturated rings. The molecule has 0 aromatic rings. The van der Waals surface area contributed by atoms with E-state index >= 15 is 0 Å². The van der Waals surface area contributed by atoms with E-state index in [0.29, 0.717) is 0 Å². The summed E-state index contributed by atoms with van der Waals surface area (Å²) in [5, 5.41) is 3.65. The number of nitrogens with one attached hydrogen (secondary N) is 1. The minimum absolute atomic E-state index is 0.723. The molecule has 2 unspecified atom stereocenters. The molecule has 2 heteroatoms. The Bertz CT molecular complexity index is 178. The Balaban J connectivity index is 2.13. The van der Waals surface area contributed by atoms with Gasteiger partial charge in [-0.3, -0.25) is 0 Å². The third-order valence-electron chi connectivity index (χ3n) is 4.26. The lowest BCUT2D eigenvalue weighted by atomic mass is 9.89. The van der Waals surface area contributed by atoms with Gasteiger partial charge in [-0.15, -0.1) is 0 Å². The van der Waals surface area contributed by atoms with Crippen molar-refractivity contribution in [3.8, 4) is 0 Å². The molecule has 0 aliphatic carbocycles. The van der Waals surface area contributed by atoms with Crippen molar-refractivity contribution in [1.82, 2.24) is 10.2 Å². The van der Waals surface area contributed by atoms with Gasteiger partial charge in [0.25, 0.3) is 0 Å². The van der Waals surface area contributed by atoms with Gasteiger partial charge in [0.1, 0.15) is 0 Å². The summed E-state index contributed by atoms with van der Waals surface area (Å²) in [4.78, 5) is 2.63. The van der Waals surface area contributed by atoms with Gasteiger partial charge in [0.15, 0.2) is 0 Å². The normalized spacial score (nSPS) is 27.6. The molecule has 96 valence electrons. The zero-order valence-corrected chi connectivity index (χ0v) is 11.6. The smallest absolute Gasteiger partial charge is 0.0107 e. The summed E-state index contributed by atoms with van der Waals surface area (Å²) in [5.41, 5.74) is 0. The molecule has 1 heterocycles. The van der Waals surface area contributed by atoms with Crippen molar-refractivity contribution < 1.29 is 0 Å². The minimum Gasteiger partial charge on any atom is -0.313 e. The van der Waals surface area contributed by atoms with Crippen LogP contribution >= 0.6 is 0 Å². The van der Waals surface area contributed by atoms with E-state index in [1.54, 1.807) is 0 Å². The lowest BCUT2D eigenvalue weighted by Crippen LogP contribution is -2.43. The summed E-state index contributed by atoms with van der Waals surface area (Å²) < 4.78 is 0. The number of nitrogens with zero attached hydrogens (tertiary/aromatic N) is 1. The first-order chi connectivity index (χ1) is 7.67. The van der Waals surface area contributed by atoms with Crippen molar-refractivity contribution in [1.29, 1.82) is 0 Å². The van der Waals surface area contributed by atoms with Crippen LogP contribution in [0.25, 0.3) is 0 Å². The van der Waals surface area contributed by atoms with Gasteiger partial charge in [-0.1, -0.05) is 27.7 Å². The summed E-state index contributed by atoms with van der Waals surface area (Å²) in [5.74, 6) is 1.80. The zero-order valence-electron chi connectivity index (χ0n) is 11.6. The Kier molecular flexibility index (Phi) is 6.37. The van der Waals surface area contributed by atoms with E-state index in [1.807, 2.05) is 0 Å². The fourth-order valence-electron chi connectivity index (χ4n) is 2.56. The summed E-state index contributed by atoms with van der Waals surface area (Å²) in [6.45, 7) is 14.3. The van der Waals surface area contributed by atoms with Crippen molar-refractivity contribution in [2.24, 2.45) is 11.8 Å². The van der Waals surface area contributed by atoms with Gasteiger partial charge in [0, 0.05) is 25.7 Å². The van der Waals surface area contributed by atoms with Crippen molar-refractivity contribution in [3.05, 3.63) is 0 Å². The summed E-state index contributed by atoms with van der Waals surface area (Å²) >= 11 is 0. The molecule has 1 rings (SSSR count). The predicted molar refractivity (Wildman–Crippen MR) is 71.8 cm³/mol. The van der Waals surface area contributed by atoms with Crippen LogP contribution < -0.4 is 5.32 Å². The second-order valence-electron chi connectivity index (χ2n) is 5.51. The Labute approximate surface area is 102 Å². The average Bonchev–Trinajstić information content (AvgIpc) is 2.29. The molecule has 16 heavy (non-hydrogen) atoms. The van der Waals surface area contributed by atoms with Crippen LogP contribution in [0.3, 0.4) is 0 Å². The highest BCUT2D eigenvalue weighted by Crippen LogP contribution is 2.21. The lowest BCUT2D eigenvalue weighted by Gasteiger charge is -2.35. The second-order valence-corrected chi connectivity index (χ2v) is 5.51. The number of piperidine rings is 1. The Morgan fingerprint density at radius 1 is 1.19 bits per heavy atom. The Hall–Kier alpha value is -0.0800. The van der Waals surface area contributed by atoms with Crippen molar-refractivity contribution >= 4 is 0 Å². The molecular formula is C14H30N2. The van der Waals surface area contributed by atoms with Crippen molar-refractivity contribution in [2.45, 2.75) is 53.0 Å². The number of hydrogen-bond acceptors (Lipinski definition) is 2. The highest BCUT2D eigenvalue weighted by atomic mass is 15.1. The van der Waals surface area contributed by atoms with Crippen molar-refractivity contribution in [3.63, 3.8) is 0 Å². The van der Waals surface area contributed by atoms with Crippen molar-refractivity contribution in [2.75, 3.05) is 26.2 Å². The number of rotatable bonds is 6.